The third-order valence-electron chi connectivity index (χ3n) is 3.13. The van der Waals surface area contributed by atoms with Gasteiger partial charge in [0.15, 0.2) is 0 Å². The number of aliphatic hydroxyl groups excluding tert-OH is 1. The summed E-state index contributed by atoms with van der Waals surface area (Å²) in [5.41, 5.74) is 3.76. The van der Waals surface area contributed by atoms with E-state index in [2.05, 4.69) is 47.8 Å². The third kappa shape index (κ3) is 4.42. The van der Waals surface area contributed by atoms with Crippen LogP contribution >= 0.6 is 0 Å². The molecule has 0 aromatic heterocycles. The van der Waals surface area contributed by atoms with E-state index in [0.29, 0.717) is 0 Å². The molecule has 1 unspecified atom stereocenters. The molecular weight excluding hydrogens is 234 g/mol. The zero-order valence-corrected chi connectivity index (χ0v) is 11.3. The molecule has 2 heteroatoms. The van der Waals surface area contributed by atoms with Crippen LogP contribution in [-0.2, 0) is 6.42 Å². The smallest absolute Gasteiger partial charge is 0.0528 e. The molecule has 0 saturated carbocycles. The first-order valence-electron chi connectivity index (χ1n) is 6.79. The van der Waals surface area contributed by atoms with E-state index in [-0.39, 0.29) is 6.10 Å². The molecule has 2 rings (SSSR count). The summed E-state index contributed by atoms with van der Waals surface area (Å²) in [7, 11) is 0. The number of benzene rings is 2. The minimum absolute atomic E-state index is 0.256. The van der Waals surface area contributed by atoms with Crippen molar-refractivity contribution in [1.29, 1.82) is 0 Å². The van der Waals surface area contributed by atoms with Crippen LogP contribution in [0.1, 0.15) is 24.5 Å². The van der Waals surface area contributed by atoms with Crippen molar-refractivity contribution >= 4 is 5.69 Å². The van der Waals surface area contributed by atoms with Crippen LogP contribution in [-0.4, -0.2) is 17.8 Å². The van der Waals surface area contributed by atoms with Crippen molar-refractivity contribution in [3.05, 3.63) is 65.7 Å². The molecule has 100 valence electrons. The lowest BCUT2D eigenvalue weighted by Crippen LogP contribution is -2.10. The molecule has 2 aromatic rings. The van der Waals surface area contributed by atoms with Gasteiger partial charge in [-0.25, -0.2) is 0 Å². The summed E-state index contributed by atoms with van der Waals surface area (Å²) >= 11 is 0. The Balaban J connectivity index is 2.04. The van der Waals surface area contributed by atoms with E-state index in [1.165, 1.54) is 11.1 Å². The molecule has 2 nitrogen and oxygen atoms in total. The zero-order chi connectivity index (χ0) is 13.5. The molecule has 2 N–H and O–H groups in total. The molecule has 2 aromatic carbocycles. The van der Waals surface area contributed by atoms with Crippen LogP contribution in [0, 0.1) is 0 Å². The second-order valence-corrected chi connectivity index (χ2v) is 4.88. The number of hydrogen-bond acceptors (Lipinski definition) is 2. The highest BCUT2D eigenvalue weighted by atomic mass is 16.3. The summed E-state index contributed by atoms with van der Waals surface area (Å²) in [4.78, 5) is 0. The van der Waals surface area contributed by atoms with Crippen LogP contribution in [0.3, 0.4) is 0 Å². The molecule has 0 fully saturated rings. The minimum atomic E-state index is -0.256. The summed E-state index contributed by atoms with van der Waals surface area (Å²) in [6.45, 7) is 2.61. The molecule has 0 amide bonds. The van der Waals surface area contributed by atoms with Gasteiger partial charge in [-0.05, 0) is 37.0 Å². The molecule has 0 aliphatic heterocycles. The van der Waals surface area contributed by atoms with Crippen LogP contribution in [0.25, 0.3) is 0 Å². The Kier molecular flexibility index (Phi) is 4.99. The van der Waals surface area contributed by atoms with Gasteiger partial charge in [0.1, 0.15) is 0 Å². The van der Waals surface area contributed by atoms with Crippen LogP contribution in [0.15, 0.2) is 54.6 Å². The predicted octanol–water partition coefficient (Wildman–Crippen LogP) is 3.46. The first-order chi connectivity index (χ1) is 9.25. The molecule has 19 heavy (non-hydrogen) atoms. The maximum absolute atomic E-state index is 9.29. The van der Waals surface area contributed by atoms with Gasteiger partial charge < -0.3 is 10.4 Å². The van der Waals surface area contributed by atoms with Gasteiger partial charge in [-0.1, -0.05) is 48.5 Å². The number of aliphatic hydroxyl groups is 1. The van der Waals surface area contributed by atoms with Gasteiger partial charge in [-0.3, -0.25) is 0 Å². The van der Waals surface area contributed by atoms with Crippen molar-refractivity contribution in [2.75, 3.05) is 11.9 Å². The Labute approximate surface area is 115 Å². The Morgan fingerprint density at radius 1 is 1.00 bits per heavy atom. The second-order valence-electron chi connectivity index (χ2n) is 4.88. The van der Waals surface area contributed by atoms with Gasteiger partial charge in [0.25, 0.3) is 0 Å². The van der Waals surface area contributed by atoms with E-state index in [0.717, 1.165) is 25.1 Å². The lowest BCUT2D eigenvalue weighted by molar-refractivity contribution is 0.189. The highest BCUT2D eigenvalue weighted by molar-refractivity contribution is 5.52. The average Bonchev–Trinajstić information content (AvgIpc) is 2.41. The fourth-order valence-corrected chi connectivity index (χ4v) is 2.08. The highest BCUT2D eigenvalue weighted by Crippen LogP contribution is 2.19. The summed E-state index contributed by atoms with van der Waals surface area (Å²) in [5, 5.41) is 12.7. The van der Waals surface area contributed by atoms with Crippen LogP contribution in [0.4, 0.5) is 5.69 Å². The Morgan fingerprint density at radius 2 is 1.68 bits per heavy atom. The molecule has 1 atom stereocenters. The molecule has 0 aliphatic carbocycles. The maximum Gasteiger partial charge on any atom is 0.0528 e. The monoisotopic (exact) mass is 255 g/mol. The van der Waals surface area contributed by atoms with E-state index >= 15 is 0 Å². The van der Waals surface area contributed by atoms with E-state index in [1.54, 1.807) is 0 Å². The van der Waals surface area contributed by atoms with Crippen LogP contribution < -0.4 is 5.32 Å². The molecule has 0 saturated heterocycles. The SMILES string of the molecule is CC(O)CCNc1ccccc1Cc1ccccc1. The van der Waals surface area contributed by atoms with Gasteiger partial charge in [0.05, 0.1) is 6.10 Å². The molecule has 0 spiro atoms. The number of nitrogens with one attached hydrogen (secondary N) is 1. The standard InChI is InChI=1S/C17H21NO/c1-14(19)11-12-18-17-10-6-5-9-16(17)13-15-7-3-2-4-8-15/h2-10,14,18-19H,11-13H2,1H3. The van der Waals surface area contributed by atoms with Crippen molar-refractivity contribution in [1.82, 2.24) is 0 Å². The second kappa shape index (κ2) is 6.95. The summed E-state index contributed by atoms with van der Waals surface area (Å²) in [5.74, 6) is 0. The van der Waals surface area contributed by atoms with Gasteiger partial charge in [-0.2, -0.15) is 0 Å². The Morgan fingerprint density at radius 3 is 2.42 bits per heavy atom. The molecule has 0 aliphatic rings. The fourth-order valence-electron chi connectivity index (χ4n) is 2.08. The molecule has 0 heterocycles. The lowest BCUT2D eigenvalue weighted by atomic mass is 10.0. The third-order valence-corrected chi connectivity index (χ3v) is 3.13. The Bertz CT molecular complexity index is 494. The van der Waals surface area contributed by atoms with E-state index < -0.39 is 0 Å². The molecular formula is C17H21NO. The maximum atomic E-state index is 9.29. The number of anilines is 1. The van der Waals surface area contributed by atoms with E-state index in [9.17, 15) is 5.11 Å². The predicted molar refractivity (Wildman–Crippen MR) is 80.5 cm³/mol. The van der Waals surface area contributed by atoms with Crippen molar-refractivity contribution < 1.29 is 5.11 Å². The van der Waals surface area contributed by atoms with E-state index in [4.69, 9.17) is 0 Å². The normalized spacial score (nSPS) is 12.1. The Hall–Kier alpha value is -1.80. The molecule has 0 radical (unpaired) electrons. The van der Waals surface area contributed by atoms with Gasteiger partial charge in [0.2, 0.25) is 0 Å². The molecule has 0 bridgehead atoms. The first kappa shape index (κ1) is 13.6. The van der Waals surface area contributed by atoms with Crippen molar-refractivity contribution in [3.8, 4) is 0 Å². The van der Waals surface area contributed by atoms with Gasteiger partial charge in [-0.15, -0.1) is 0 Å². The van der Waals surface area contributed by atoms with Crippen LogP contribution in [0.5, 0.6) is 0 Å². The van der Waals surface area contributed by atoms with Gasteiger partial charge in [0, 0.05) is 12.2 Å². The van der Waals surface area contributed by atoms with Gasteiger partial charge >= 0.3 is 0 Å². The lowest BCUT2D eigenvalue weighted by Gasteiger charge is -2.13. The first-order valence-corrected chi connectivity index (χ1v) is 6.79. The summed E-state index contributed by atoms with van der Waals surface area (Å²) < 4.78 is 0. The number of hydrogen-bond donors (Lipinski definition) is 2. The summed E-state index contributed by atoms with van der Waals surface area (Å²) in [6.07, 6.45) is 1.44. The zero-order valence-electron chi connectivity index (χ0n) is 11.3. The van der Waals surface area contributed by atoms with E-state index in [1.807, 2.05) is 19.1 Å². The van der Waals surface area contributed by atoms with Crippen LogP contribution in [0.2, 0.25) is 0 Å². The van der Waals surface area contributed by atoms with Crippen molar-refractivity contribution in [3.63, 3.8) is 0 Å². The topological polar surface area (TPSA) is 32.3 Å². The average molecular weight is 255 g/mol. The number of rotatable bonds is 6. The summed E-state index contributed by atoms with van der Waals surface area (Å²) in [6, 6.07) is 18.8. The fraction of sp³-hybridized carbons (Fsp3) is 0.294. The van der Waals surface area contributed by atoms with Crippen molar-refractivity contribution in [2.24, 2.45) is 0 Å². The van der Waals surface area contributed by atoms with Crippen molar-refractivity contribution in [2.45, 2.75) is 25.9 Å². The quantitative estimate of drug-likeness (QED) is 0.828. The highest BCUT2D eigenvalue weighted by Gasteiger charge is 2.03. The minimum Gasteiger partial charge on any atom is -0.393 e. The largest absolute Gasteiger partial charge is 0.393 e. The number of para-hydroxylation sites is 1.